The van der Waals surface area contributed by atoms with Crippen molar-refractivity contribution in [2.24, 2.45) is 0 Å². The largest absolute Gasteiger partial charge is 0.488 e. The molecule has 1 aromatic rings. The molecule has 3 N–H and O–H groups in total. The van der Waals surface area contributed by atoms with Gasteiger partial charge in [0.25, 0.3) is 0 Å². The first-order valence-electron chi connectivity index (χ1n) is 7.80. The van der Waals surface area contributed by atoms with Crippen LogP contribution in [-0.4, -0.2) is 36.3 Å². The number of halogens is 3. The first-order chi connectivity index (χ1) is 11.7. The smallest absolute Gasteiger partial charge is 0.419 e. The Labute approximate surface area is 143 Å². The molecule has 0 bridgehead atoms. The Morgan fingerprint density at radius 3 is 2.52 bits per heavy atom. The van der Waals surface area contributed by atoms with E-state index in [0.717, 1.165) is 6.07 Å². The van der Waals surface area contributed by atoms with Gasteiger partial charge < -0.3 is 20.5 Å². The van der Waals surface area contributed by atoms with Crippen molar-refractivity contribution in [2.75, 3.05) is 13.1 Å². The van der Waals surface area contributed by atoms with Crippen LogP contribution < -0.4 is 15.4 Å². The van der Waals surface area contributed by atoms with Gasteiger partial charge in [0.15, 0.2) is 0 Å². The minimum atomic E-state index is -4.52. The molecule has 0 radical (unpaired) electrons. The van der Waals surface area contributed by atoms with Gasteiger partial charge >= 0.3 is 18.2 Å². The van der Waals surface area contributed by atoms with E-state index in [1.807, 2.05) is 0 Å². The van der Waals surface area contributed by atoms with Crippen molar-refractivity contribution in [3.63, 3.8) is 0 Å². The lowest BCUT2D eigenvalue weighted by Gasteiger charge is -2.21. The normalized spacial score (nSPS) is 12.3. The van der Waals surface area contributed by atoms with Gasteiger partial charge in [-0.15, -0.1) is 0 Å². The molecule has 1 aromatic carbocycles. The van der Waals surface area contributed by atoms with Crippen LogP contribution in [0.15, 0.2) is 24.3 Å². The molecule has 0 aliphatic rings. The lowest BCUT2D eigenvalue weighted by Crippen LogP contribution is -2.41. The number of urea groups is 1. The highest BCUT2D eigenvalue weighted by Gasteiger charge is 2.34. The molecule has 1 rings (SSSR count). The van der Waals surface area contributed by atoms with E-state index in [2.05, 4.69) is 10.6 Å². The molecule has 0 aliphatic heterocycles. The number of alkyl halides is 3. The molecule has 6 nitrogen and oxygen atoms in total. The zero-order valence-corrected chi connectivity index (χ0v) is 13.7. The SMILES string of the molecule is CCC(CNC(=O)NCCCC(=O)O)Oc1ccccc1C(F)(F)F. The summed E-state index contributed by atoms with van der Waals surface area (Å²) in [7, 11) is 0. The summed E-state index contributed by atoms with van der Waals surface area (Å²) in [6.07, 6.45) is -4.53. The number of aliphatic carboxylic acids is 1. The second-order valence-electron chi connectivity index (χ2n) is 5.28. The Balaban J connectivity index is 2.50. The van der Waals surface area contributed by atoms with Crippen LogP contribution in [0.1, 0.15) is 31.7 Å². The number of amides is 2. The first kappa shape index (κ1) is 20.6. The van der Waals surface area contributed by atoms with Gasteiger partial charge in [-0.2, -0.15) is 13.2 Å². The summed E-state index contributed by atoms with van der Waals surface area (Å²) < 4.78 is 44.2. The number of benzene rings is 1. The molecule has 2 amide bonds. The number of ether oxygens (including phenoxy) is 1. The van der Waals surface area contributed by atoms with Crippen LogP contribution in [0.2, 0.25) is 0 Å². The molecule has 0 spiro atoms. The predicted molar refractivity (Wildman–Crippen MR) is 84.4 cm³/mol. The van der Waals surface area contributed by atoms with Crippen molar-refractivity contribution >= 4 is 12.0 Å². The maximum Gasteiger partial charge on any atom is 0.419 e. The fraction of sp³-hybridized carbons (Fsp3) is 0.500. The molecular formula is C16H21F3N2O4. The van der Waals surface area contributed by atoms with Crippen LogP contribution in [0.4, 0.5) is 18.0 Å². The average molecular weight is 362 g/mol. The summed E-state index contributed by atoms with van der Waals surface area (Å²) >= 11 is 0. The van der Waals surface area contributed by atoms with E-state index < -0.39 is 29.8 Å². The molecular weight excluding hydrogens is 341 g/mol. The maximum absolute atomic E-state index is 12.9. The summed E-state index contributed by atoms with van der Waals surface area (Å²) in [5.74, 6) is -1.24. The number of carbonyl (C=O) groups is 2. The second kappa shape index (κ2) is 9.75. The fourth-order valence-corrected chi connectivity index (χ4v) is 1.96. The van der Waals surface area contributed by atoms with Gasteiger partial charge in [0.1, 0.15) is 11.9 Å². The number of nitrogens with one attached hydrogen (secondary N) is 2. The Morgan fingerprint density at radius 2 is 1.92 bits per heavy atom. The molecule has 0 saturated heterocycles. The number of carboxylic acids is 1. The third-order valence-electron chi connectivity index (χ3n) is 3.28. The van der Waals surface area contributed by atoms with Crippen LogP contribution >= 0.6 is 0 Å². The molecule has 0 heterocycles. The lowest BCUT2D eigenvalue weighted by atomic mass is 10.2. The maximum atomic E-state index is 12.9. The van der Waals surface area contributed by atoms with Crippen molar-refractivity contribution in [3.8, 4) is 5.75 Å². The molecule has 0 fully saturated rings. The van der Waals surface area contributed by atoms with Crippen LogP contribution in [-0.2, 0) is 11.0 Å². The van der Waals surface area contributed by atoms with E-state index in [1.165, 1.54) is 18.2 Å². The van der Waals surface area contributed by atoms with E-state index in [4.69, 9.17) is 9.84 Å². The van der Waals surface area contributed by atoms with Crippen LogP contribution in [0, 0.1) is 0 Å². The van der Waals surface area contributed by atoms with Crippen LogP contribution in [0.25, 0.3) is 0 Å². The minimum Gasteiger partial charge on any atom is -0.488 e. The topological polar surface area (TPSA) is 87.7 Å². The van der Waals surface area contributed by atoms with E-state index in [-0.39, 0.29) is 31.7 Å². The van der Waals surface area contributed by atoms with Crippen LogP contribution in [0.5, 0.6) is 5.75 Å². The molecule has 25 heavy (non-hydrogen) atoms. The zero-order chi connectivity index (χ0) is 18.9. The molecule has 140 valence electrons. The average Bonchev–Trinajstić information content (AvgIpc) is 2.54. The number of carboxylic acid groups (broad SMARTS) is 1. The zero-order valence-electron chi connectivity index (χ0n) is 13.7. The van der Waals surface area contributed by atoms with Gasteiger partial charge in [0, 0.05) is 13.0 Å². The van der Waals surface area contributed by atoms with Crippen molar-refractivity contribution in [1.82, 2.24) is 10.6 Å². The molecule has 0 saturated carbocycles. The number of rotatable bonds is 9. The molecule has 0 aromatic heterocycles. The van der Waals surface area contributed by atoms with Gasteiger partial charge in [0.05, 0.1) is 12.1 Å². The Bertz CT molecular complexity index is 579. The highest BCUT2D eigenvalue weighted by atomic mass is 19.4. The van der Waals surface area contributed by atoms with Gasteiger partial charge in [-0.1, -0.05) is 19.1 Å². The molecule has 1 atom stereocenters. The highest BCUT2D eigenvalue weighted by molar-refractivity contribution is 5.73. The standard InChI is InChI=1S/C16H21F3N2O4/c1-2-11(10-21-15(24)20-9-5-8-14(22)23)25-13-7-4-3-6-12(13)16(17,18)19/h3-4,6-7,11H,2,5,8-10H2,1H3,(H,22,23)(H2,20,21,24). The molecule has 9 heteroatoms. The van der Waals surface area contributed by atoms with Crippen molar-refractivity contribution in [3.05, 3.63) is 29.8 Å². The first-order valence-corrected chi connectivity index (χ1v) is 7.80. The quantitative estimate of drug-likeness (QED) is 0.589. The summed E-state index contributed by atoms with van der Waals surface area (Å²) in [5.41, 5.74) is -0.869. The summed E-state index contributed by atoms with van der Waals surface area (Å²) in [4.78, 5) is 21.9. The number of carbonyl (C=O) groups excluding carboxylic acids is 1. The minimum absolute atomic E-state index is 0.0213. The van der Waals surface area contributed by atoms with Gasteiger partial charge in [-0.3, -0.25) is 4.79 Å². The fourth-order valence-electron chi connectivity index (χ4n) is 1.96. The van der Waals surface area contributed by atoms with Crippen LogP contribution in [0.3, 0.4) is 0 Å². The van der Waals surface area contributed by atoms with Gasteiger partial charge in [-0.05, 0) is 25.0 Å². The van der Waals surface area contributed by atoms with Gasteiger partial charge in [-0.25, -0.2) is 4.79 Å². The second-order valence-corrected chi connectivity index (χ2v) is 5.28. The van der Waals surface area contributed by atoms with E-state index in [9.17, 15) is 22.8 Å². The lowest BCUT2D eigenvalue weighted by molar-refractivity contribution is -0.139. The number of para-hydroxylation sites is 1. The molecule has 0 aliphatic carbocycles. The van der Waals surface area contributed by atoms with Crippen molar-refractivity contribution in [1.29, 1.82) is 0 Å². The highest BCUT2D eigenvalue weighted by Crippen LogP contribution is 2.36. The third kappa shape index (κ3) is 7.77. The Hall–Kier alpha value is -2.45. The monoisotopic (exact) mass is 362 g/mol. The van der Waals surface area contributed by atoms with Crippen molar-refractivity contribution in [2.45, 2.75) is 38.5 Å². The van der Waals surface area contributed by atoms with Gasteiger partial charge in [0.2, 0.25) is 0 Å². The predicted octanol–water partition coefficient (Wildman–Crippen LogP) is 3.03. The molecule has 1 unspecified atom stereocenters. The van der Waals surface area contributed by atoms with E-state index in [1.54, 1.807) is 6.92 Å². The number of hydrogen-bond acceptors (Lipinski definition) is 3. The van der Waals surface area contributed by atoms with Crippen molar-refractivity contribution < 1.29 is 32.6 Å². The number of hydrogen-bond donors (Lipinski definition) is 3. The Morgan fingerprint density at radius 1 is 1.24 bits per heavy atom. The third-order valence-corrected chi connectivity index (χ3v) is 3.28. The van der Waals surface area contributed by atoms with E-state index >= 15 is 0 Å². The Kier molecular flexibility index (Phi) is 8.03. The summed E-state index contributed by atoms with van der Waals surface area (Å²) in [6.45, 7) is 1.94. The summed E-state index contributed by atoms with van der Waals surface area (Å²) in [6, 6.07) is 4.36. The summed E-state index contributed by atoms with van der Waals surface area (Å²) in [5, 5.41) is 13.4. The van der Waals surface area contributed by atoms with E-state index in [0.29, 0.717) is 6.42 Å².